The number of hydrogen-bond donors (Lipinski definition) is 0. The van der Waals surface area contributed by atoms with Crippen LogP contribution in [0.15, 0.2) is 17.8 Å². The first kappa shape index (κ1) is 10.7. The molecule has 0 radical (unpaired) electrons. The first-order chi connectivity index (χ1) is 7.85. The first-order valence-electron chi connectivity index (χ1n) is 5.54. The van der Waals surface area contributed by atoms with Crippen LogP contribution in [0.25, 0.3) is 4.96 Å². The zero-order valence-electron chi connectivity index (χ0n) is 8.97. The monoisotopic (exact) mass is 299 g/mol. The summed E-state index contributed by atoms with van der Waals surface area (Å²) < 4.78 is 2.11. The Balaban J connectivity index is 1.69. The van der Waals surface area contributed by atoms with Gasteiger partial charge in [0.1, 0.15) is 0 Å². The highest BCUT2D eigenvalue weighted by Gasteiger charge is 2.21. The van der Waals surface area contributed by atoms with Gasteiger partial charge in [0.2, 0.25) is 0 Å². The second-order valence-corrected chi connectivity index (χ2v) is 5.89. The molecule has 1 atom stereocenters. The van der Waals surface area contributed by atoms with E-state index >= 15 is 0 Å². The fourth-order valence-electron chi connectivity index (χ4n) is 2.26. The summed E-state index contributed by atoms with van der Waals surface area (Å²) in [5.74, 6) is 0.823. The Kier molecular flexibility index (Phi) is 3.00. The molecule has 1 saturated heterocycles. The maximum Gasteiger partial charge on any atom is 0.193 e. The van der Waals surface area contributed by atoms with Crippen molar-refractivity contribution in [2.24, 2.45) is 5.92 Å². The second-order valence-electron chi connectivity index (χ2n) is 4.37. The van der Waals surface area contributed by atoms with Gasteiger partial charge >= 0.3 is 0 Å². The van der Waals surface area contributed by atoms with E-state index in [1.165, 1.54) is 25.2 Å². The van der Waals surface area contributed by atoms with Crippen LogP contribution in [-0.4, -0.2) is 32.7 Å². The molecule has 3 rings (SSSR count). The number of halogens is 1. The van der Waals surface area contributed by atoms with Crippen molar-refractivity contribution in [3.8, 4) is 0 Å². The Hall–Kier alpha value is -0.390. The molecule has 0 saturated carbocycles. The molecular weight excluding hydrogens is 286 g/mol. The maximum atomic E-state index is 4.62. The molecule has 0 spiro atoms. The van der Waals surface area contributed by atoms with Crippen molar-refractivity contribution in [1.82, 2.24) is 14.3 Å². The summed E-state index contributed by atoms with van der Waals surface area (Å²) in [6, 6.07) is 0. The van der Waals surface area contributed by atoms with Gasteiger partial charge in [0.05, 0.1) is 5.69 Å². The van der Waals surface area contributed by atoms with Crippen LogP contribution in [-0.2, 0) is 6.54 Å². The van der Waals surface area contributed by atoms with Gasteiger partial charge in [-0.15, -0.1) is 11.3 Å². The molecule has 1 aliphatic heterocycles. The Bertz CT molecular complexity index is 450. The summed E-state index contributed by atoms with van der Waals surface area (Å²) >= 11 is 5.26. The lowest BCUT2D eigenvalue weighted by Gasteiger charge is -2.13. The number of aromatic nitrogens is 2. The average molecular weight is 300 g/mol. The molecule has 1 aliphatic rings. The first-order valence-corrected chi connectivity index (χ1v) is 7.54. The molecule has 16 heavy (non-hydrogen) atoms. The molecule has 3 nitrogen and oxygen atoms in total. The molecule has 0 N–H and O–H groups in total. The van der Waals surface area contributed by atoms with Crippen molar-refractivity contribution in [3.63, 3.8) is 0 Å². The van der Waals surface area contributed by atoms with E-state index in [1.807, 2.05) is 0 Å². The number of likely N-dealkylation sites (tertiary alicyclic amines) is 1. The number of nitrogens with zero attached hydrogens (tertiary/aromatic N) is 3. The van der Waals surface area contributed by atoms with Gasteiger partial charge in [-0.2, -0.15) is 0 Å². The number of rotatable bonds is 3. The molecule has 2 aromatic heterocycles. The SMILES string of the molecule is BrCC1CCN(Cc2cn3ccsc3n2)C1. The minimum absolute atomic E-state index is 0.823. The third kappa shape index (κ3) is 2.04. The van der Waals surface area contributed by atoms with Crippen molar-refractivity contribution in [2.45, 2.75) is 13.0 Å². The van der Waals surface area contributed by atoms with Crippen LogP contribution in [0.1, 0.15) is 12.1 Å². The lowest BCUT2D eigenvalue weighted by Crippen LogP contribution is -2.20. The Labute approximate surface area is 107 Å². The van der Waals surface area contributed by atoms with Gasteiger partial charge in [-0.1, -0.05) is 15.9 Å². The average Bonchev–Trinajstić information content (AvgIpc) is 2.92. The molecule has 0 aromatic carbocycles. The normalized spacial score (nSPS) is 22.2. The highest BCUT2D eigenvalue weighted by molar-refractivity contribution is 9.09. The van der Waals surface area contributed by atoms with Crippen molar-refractivity contribution < 1.29 is 0 Å². The molecule has 86 valence electrons. The summed E-state index contributed by atoms with van der Waals surface area (Å²) in [7, 11) is 0. The molecule has 2 aromatic rings. The van der Waals surface area contributed by atoms with Crippen molar-refractivity contribution >= 4 is 32.2 Å². The summed E-state index contributed by atoms with van der Waals surface area (Å²) in [4.78, 5) is 8.22. The quantitative estimate of drug-likeness (QED) is 0.812. The maximum absolute atomic E-state index is 4.62. The second kappa shape index (κ2) is 4.47. The fourth-order valence-corrected chi connectivity index (χ4v) is 3.51. The Morgan fingerprint density at radius 2 is 2.50 bits per heavy atom. The van der Waals surface area contributed by atoms with E-state index < -0.39 is 0 Å². The third-order valence-electron chi connectivity index (χ3n) is 3.12. The highest BCUT2D eigenvalue weighted by Crippen LogP contribution is 2.20. The third-order valence-corrected chi connectivity index (χ3v) is 4.80. The zero-order chi connectivity index (χ0) is 11.0. The fraction of sp³-hybridized carbons (Fsp3) is 0.545. The predicted octanol–water partition coefficient (Wildman–Crippen LogP) is 2.61. The number of imidazole rings is 1. The Morgan fingerprint density at radius 1 is 1.56 bits per heavy atom. The Morgan fingerprint density at radius 3 is 3.25 bits per heavy atom. The minimum atomic E-state index is 0.823. The van der Waals surface area contributed by atoms with Gasteiger partial charge in [-0.05, 0) is 18.9 Å². The van der Waals surface area contributed by atoms with Crippen LogP contribution in [0, 0.1) is 5.92 Å². The highest BCUT2D eigenvalue weighted by atomic mass is 79.9. The summed E-state index contributed by atoms with van der Waals surface area (Å²) in [5, 5.41) is 3.20. The molecule has 3 heterocycles. The van der Waals surface area contributed by atoms with Crippen LogP contribution in [0.2, 0.25) is 0 Å². The molecule has 0 bridgehead atoms. The lowest BCUT2D eigenvalue weighted by atomic mass is 10.2. The lowest BCUT2D eigenvalue weighted by molar-refractivity contribution is 0.318. The molecule has 1 unspecified atom stereocenters. The smallest absolute Gasteiger partial charge is 0.193 e. The van der Waals surface area contributed by atoms with E-state index in [4.69, 9.17) is 0 Å². The molecule has 1 fully saturated rings. The molecule has 0 aliphatic carbocycles. The van der Waals surface area contributed by atoms with Crippen LogP contribution < -0.4 is 0 Å². The van der Waals surface area contributed by atoms with Crippen LogP contribution >= 0.6 is 27.3 Å². The largest absolute Gasteiger partial charge is 0.297 e. The van der Waals surface area contributed by atoms with Crippen LogP contribution in [0.4, 0.5) is 0 Å². The standard InChI is InChI=1S/C11H14BrN3S/c12-5-9-1-2-14(6-9)7-10-8-15-3-4-16-11(15)13-10/h3-4,8-9H,1-2,5-7H2. The molecular formula is C11H14BrN3S. The summed E-state index contributed by atoms with van der Waals surface area (Å²) in [5.41, 5.74) is 1.20. The predicted molar refractivity (Wildman–Crippen MR) is 70.2 cm³/mol. The number of hydrogen-bond acceptors (Lipinski definition) is 3. The molecule has 5 heteroatoms. The van der Waals surface area contributed by atoms with Gasteiger partial charge in [0.25, 0.3) is 0 Å². The van der Waals surface area contributed by atoms with Gasteiger partial charge in [-0.25, -0.2) is 4.98 Å². The van der Waals surface area contributed by atoms with E-state index in [2.05, 4.69) is 48.0 Å². The van der Waals surface area contributed by atoms with Gasteiger partial charge in [-0.3, -0.25) is 9.30 Å². The molecule has 0 amide bonds. The van der Waals surface area contributed by atoms with E-state index in [0.717, 1.165) is 22.8 Å². The van der Waals surface area contributed by atoms with E-state index in [0.29, 0.717) is 0 Å². The van der Waals surface area contributed by atoms with Crippen LogP contribution in [0.5, 0.6) is 0 Å². The van der Waals surface area contributed by atoms with Gasteiger partial charge in [0.15, 0.2) is 4.96 Å². The number of alkyl halides is 1. The van der Waals surface area contributed by atoms with E-state index in [1.54, 1.807) is 11.3 Å². The summed E-state index contributed by atoms with van der Waals surface area (Å²) in [6.45, 7) is 3.41. The van der Waals surface area contributed by atoms with Crippen LogP contribution in [0.3, 0.4) is 0 Å². The zero-order valence-corrected chi connectivity index (χ0v) is 11.4. The van der Waals surface area contributed by atoms with Crippen molar-refractivity contribution in [1.29, 1.82) is 0 Å². The topological polar surface area (TPSA) is 20.5 Å². The number of thiazole rings is 1. The van der Waals surface area contributed by atoms with Gasteiger partial charge in [0, 0.05) is 36.2 Å². The van der Waals surface area contributed by atoms with Crippen molar-refractivity contribution in [3.05, 3.63) is 23.5 Å². The van der Waals surface area contributed by atoms with E-state index in [-0.39, 0.29) is 0 Å². The number of fused-ring (bicyclic) bond motifs is 1. The minimum Gasteiger partial charge on any atom is -0.297 e. The van der Waals surface area contributed by atoms with E-state index in [9.17, 15) is 0 Å². The summed E-state index contributed by atoms with van der Waals surface area (Å²) in [6.07, 6.45) is 5.53. The van der Waals surface area contributed by atoms with Gasteiger partial charge < -0.3 is 0 Å². The van der Waals surface area contributed by atoms with Crippen molar-refractivity contribution in [2.75, 3.05) is 18.4 Å².